The molecular formula is C22H23FN4OS. The van der Waals surface area contributed by atoms with Gasteiger partial charge in [0, 0.05) is 24.3 Å². The molecule has 0 N–H and O–H groups in total. The molecule has 1 amide bonds. The van der Waals surface area contributed by atoms with E-state index >= 15 is 0 Å². The zero-order chi connectivity index (χ0) is 20.2. The third-order valence-corrected chi connectivity index (χ3v) is 6.00. The Labute approximate surface area is 173 Å². The molecule has 1 aliphatic heterocycles. The molecule has 3 aromatic rings. The summed E-state index contributed by atoms with van der Waals surface area (Å²) in [4.78, 5) is 14.6. The van der Waals surface area contributed by atoms with Crippen molar-refractivity contribution in [2.45, 2.75) is 24.9 Å². The monoisotopic (exact) mass is 410 g/mol. The molecule has 7 heteroatoms. The standard InChI is InChI=1S/C22H23FN4OS/c1-16-6-5-13-26(14-16)20(28)15-29-22-25-24-21(17-9-11-18(23)12-10-17)27(22)19-7-3-2-4-8-19/h2-4,7-12,16H,5-6,13-15H2,1H3. The maximum Gasteiger partial charge on any atom is 0.233 e. The summed E-state index contributed by atoms with van der Waals surface area (Å²) in [5.41, 5.74) is 1.67. The number of likely N-dealkylation sites (tertiary alicyclic amines) is 1. The average molecular weight is 411 g/mol. The second-order valence-electron chi connectivity index (χ2n) is 7.36. The fraction of sp³-hybridized carbons (Fsp3) is 0.318. The van der Waals surface area contributed by atoms with E-state index in [4.69, 9.17) is 0 Å². The SMILES string of the molecule is CC1CCCN(C(=O)CSc2nnc(-c3ccc(F)cc3)n2-c2ccccc2)C1. The minimum atomic E-state index is -0.296. The zero-order valence-electron chi connectivity index (χ0n) is 16.3. The number of piperidine rings is 1. The first-order chi connectivity index (χ1) is 14.1. The molecule has 0 radical (unpaired) electrons. The lowest BCUT2D eigenvalue weighted by Gasteiger charge is -2.30. The van der Waals surface area contributed by atoms with Crippen LogP contribution in [0.2, 0.25) is 0 Å². The Hall–Kier alpha value is -2.67. The Balaban J connectivity index is 1.60. The Morgan fingerprint density at radius 3 is 2.62 bits per heavy atom. The molecule has 1 saturated heterocycles. The Morgan fingerprint density at radius 2 is 1.90 bits per heavy atom. The van der Waals surface area contributed by atoms with Crippen molar-refractivity contribution in [1.82, 2.24) is 19.7 Å². The lowest BCUT2D eigenvalue weighted by Crippen LogP contribution is -2.40. The molecule has 1 fully saturated rings. The number of halogens is 1. The number of carbonyl (C=O) groups excluding carboxylic acids is 1. The zero-order valence-corrected chi connectivity index (χ0v) is 17.1. The van der Waals surface area contributed by atoms with E-state index < -0.39 is 0 Å². The first kappa shape index (κ1) is 19.6. The van der Waals surface area contributed by atoms with Gasteiger partial charge < -0.3 is 4.90 Å². The summed E-state index contributed by atoms with van der Waals surface area (Å²) < 4.78 is 15.3. The highest BCUT2D eigenvalue weighted by atomic mass is 32.2. The van der Waals surface area contributed by atoms with Gasteiger partial charge in [-0.2, -0.15) is 0 Å². The highest BCUT2D eigenvalue weighted by Gasteiger charge is 2.23. The largest absolute Gasteiger partial charge is 0.342 e. The molecule has 150 valence electrons. The van der Waals surface area contributed by atoms with Gasteiger partial charge in [-0.3, -0.25) is 9.36 Å². The number of amides is 1. The van der Waals surface area contributed by atoms with Crippen molar-refractivity contribution in [3.63, 3.8) is 0 Å². The van der Waals surface area contributed by atoms with E-state index in [0.717, 1.165) is 30.8 Å². The van der Waals surface area contributed by atoms with Gasteiger partial charge in [-0.05, 0) is 55.2 Å². The van der Waals surface area contributed by atoms with Gasteiger partial charge in [0.2, 0.25) is 5.91 Å². The molecule has 2 heterocycles. The number of aromatic nitrogens is 3. The maximum absolute atomic E-state index is 13.4. The van der Waals surface area contributed by atoms with Gasteiger partial charge in [0.05, 0.1) is 5.75 Å². The second kappa shape index (κ2) is 8.78. The summed E-state index contributed by atoms with van der Waals surface area (Å²) in [5.74, 6) is 1.33. The van der Waals surface area contributed by atoms with Crippen LogP contribution in [0.1, 0.15) is 19.8 Å². The lowest BCUT2D eigenvalue weighted by molar-refractivity contribution is -0.130. The molecule has 0 aliphatic carbocycles. The summed E-state index contributed by atoms with van der Waals surface area (Å²) >= 11 is 1.39. The van der Waals surface area contributed by atoms with Crippen LogP contribution in [0.15, 0.2) is 59.8 Å². The molecule has 1 aliphatic rings. The lowest BCUT2D eigenvalue weighted by atomic mass is 10.0. The smallest absolute Gasteiger partial charge is 0.233 e. The molecule has 0 spiro atoms. The minimum Gasteiger partial charge on any atom is -0.342 e. The predicted octanol–water partition coefficient (Wildman–Crippen LogP) is 4.42. The van der Waals surface area contributed by atoms with Crippen LogP contribution >= 0.6 is 11.8 Å². The number of para-hydroxylation sites is 1. The van der Waals surface area contributed by atoms with Gasteiger partial charge >= 0.3 is 0 Å². The second-order valence-corrected chi connectivity index (χ2v) is 8.30. The topological polar surface area (TPSA) is 51.0 Å². The van der Waals surface area contributed by atoms with Gasteiger partial charge in [0.25, 0.3) is 0 Å². The van der Waals surface area contributed by atoms with Crippen LogP contribution in [-0.2, 0) is 4.79 Å². The van der Waals surface area contributed by atoms with Crippen molar-refractivity contribution in [1.29, 1.82) is 0 Å². The fourth-order valence-electron chi connectivity index (χ4n) is 3.59. The van der Waals surface area contributed by atoms with Crippen LogP contribution in [0.25, 0.3) is 17.1 Å². The number of carbonyl (C=O) groups is 1. The highest BCUT2D eigenvalue weighted by Crippen LogP contribution is 2.28. The summed E-state index contributed by atoms with van der Waals surface area (Å²) in [6, 6.07) is 16.0. The van der Waals surface area contributed by atoms with Crippen LogP contribution in [0.3, 0.4) is 0 Å². The number of nitrogens with zero attached hydrogens (tertiary/aromatic N) is 4. The number of rotatable bonds is 5. The van der Waals surface area contributed by atoms with Crippen LogP contribution in [0, 0.1) is 11.7 Å². The maximum atomic E-state index is 13.4. The number of thioether (sulfide) groups is 1. The molecule has 1 unspecified atom stereocenters. The Morgan fingerprint density at radius 1 is 1.14 bits per heavy atom. The predicted molar refractivity (Wildman–Crippen MR) is 112 cm³/mol. The summed E-state index contributed by atoms with van der Waals surface area (Å²) in [7, 11) is 0. The van der Waals surface area contributed by atoms with Crippen molar-refractivity contribution in [2.24, 2.45) is 5.92 Å². The third-order valence-electron chi connectivity index (χ3n) is 5.08. The van der Waals surface area contributed by atoms with Gasteiger partial charge in [-0.25, -0.2) is 4.39 Å². The summed E-state index contributed by atoms with van der Waals surface area (Å²) in [6.45, 7) is 3.84. The number of benzene rings is 2. The minimum absolute atomic E-state index is 0.132. The molecule has 0 bridgehead atoms. The van der Waals surface area contributed by atoms with Crippen LogP contribution in [0.5, 0.6) is 0 Å². The Bertz CT molecular complexity index is 974. The average Bonchev–Trinajstić information content (AvgIpc) is 3.17. The van der Waals surface area contributed by atoms with Gasteiger partial charge in [0.15, 0.2) is 11.0 Å². The van der Waals surface area contributed by atoms with Crippen LogP contribution in [0.4, 0.5) is 4.39 Å². The molecule has 1 atom stereocenters. The molecule has 29 heavy (non-hydrogen) atoms. The quantitative estimate of drug-likeness (QED) is 0.584. The summed E-state index contributed by atoms with van der Waals surface area (Å²) in [6.07, 6.45) is 2.24. The third kappa shape index (κ3) is 4.50. The van der Waals surface area contributed by atoms with Gasteiger partial charge in [0.1, 0.15) is 5.82 Å². The highest BCUT2D eigenvalue weighted by molar-refractivity contribution is 7.99. The molecule has 5 nitrogen and oxygen atoms in total. The van der Waals surface area contributed by atoms with Crippen molar-refractivity contribution in [3.8, 4) is 17.1 Å². The first-order valence-corrected chi connectivity index (χ1v) is 10.8. The normalized spacial score (nSPS) is 16.8. The number of hydrogen-bond donors (Lipinski definition) is 0. The number of hydrogen-bond acceptors (Lipinski definition) is 4. The van der Waals surface area contributed by atoms with E-state index in [0.29, 0.717) is 22.7 Å². The van der Waals surface area contributed by atoms with E-state index in [1.807, 2.05) is 39.8 Å². The van der Waals surface area contributed by atoms with Crippen LogP contribution < -0.4 is 0 Å². The van der Waals surface area contributed by atoms with Gasteiger partial charge in [-0.15, -0.1) is 10.2 Å². The van der Waals surface area contributed by atoms with Crippen molar-refractivity contribution in [3.05, 3.63) is 60.4 Å². The first-order valence-electron chi connectivity index (χ1n) is 9.79. The van der Waals surface area contributed by atoms with Gasteiger partial charge in [-0.1, -0.05) is 36.9 Å². The van der Waals surface area contributed by atoms with Crippen molar-refractivity contribution in [2.75, 3.05) is 18.8 Å². The molecule has 4 rings (SSSR count). The summed E-state index contributed by atoms with van der Waals surface area (Å²) in [5, 5.41) is 9.32. The van der Waals surface area contributed by atoms with Crippen LogP contribution in [-0.4, -0.2) is 44.4 Å². The van der Waals surface area contributed by atoms with E-state index in [2.05, 4.69) is 17.1 Å². The van der Waals surface area contributed by atoms with E-state index in [9.17, 15) is 9.18 Å². The van der Waals surface area contributed by atoms with Crippen molar-refractivity contribution >= 4 is 17.7 Å². The molecule has 2 aromatic carbocycles. The Kier molecular flexibility index (Phi) is 5.94. The van der Waals surface area contributed by atoms with Crippen molar-refractivity contribution < 1.29 is 9.18 Å². The molecule has 0 saturated carbocycles. The van der Waals surface area contributed by atoms with E-state index in [-0.39, 0.29) is 11.7 Å². The molecule has 1 aromatic heterocycles. The van der Waals surface area contributed by atoms with E-state index in [1.165, 1.54) is 30.3 Å². The molecular weight excluding hydrogens is 387 g/mol. The van der Waals surface area contributed by atoms with E-state index in [1.54, 1.807) is 12.1 Å². The fourth-order valence-corrected chi connectivity index (χ4v) is 4.45.